The quantitative estimate of drug-likeness (QED) is 0.488. The largest absolute Gasteiger partial charge is 0.480 e. The lowest BCUT2D eigenvalue weighted by molar-refractivity contribution is -0.120. The number of morpholine rings is 1. The fraction of sp³-hybridized carbons (Fsp3) is 0.440. The molecular formula is C25H30ClN5O4. The van der Waals surface area contributed by atoms with Crippen molar-refractivity contribution in [3.63, 3.8) is 0 Å². The van der Waals surface area contributed by atoms with E-state index in [0.29, 0.717) is 42.9 Å². The van der Waals surface area contributed by atoms with Crippen LogP contribution >= 0.6 is 11.6 Å². The van der Waals surface area contributed by atoms with Gasteiger partial charge in [0.15, 0.2) is 17.4 Å². The van der Waals surface area contributed by atoms with Gasteiger partial charge in [-0.05, 0) is 45.0 Å². The first-order valence-corrected chi connectivity index (χ1v) is 12.1. The van der Waals surface area contributed by atoms with Gasteiger partial charge in [0.25, 0.3) is 5.56 Å². The standard InChI is InChI=1S/C25H30ClN5O4/c1-5-19(32)14-35-22-11-17-10-18(6-7-21(17)31(15(2)3)24(22)33)28-23-20(26)12-27-25(29-23)30-8-9-34-16(4)13-30/h6-7,10-12,15-16H,5,8-9,13-14H2,1-4H3,(H,27,28,29)/t16-/m1/s1. The van der Waals surface area contributed by atoms with E-state index in [-0.39, 0.29) is 35.8 Å². The van der Waals surface area contributed by atoms with Crippen LogP contribution in [-0.4, -0.2) is 52.7 Å². The number of fused-ring (bicyclic) bond motifs is 1. The Morgan fingerprint density at radius 1 is 1.34 bits per heavy atom. The summed E-state index contributed by atoms with van der Waals surface area (Å²) in [4.78, 5) is 35.9. The summed E-state index contributed by atoms with van der Waals surface area (Å²) < 4.78 is 12.9. The predicted molar refractivity (Wildman–Crippen MR) is 137 cm³/mol. The van der Waals surface area contributed by atoms with Crippen LogP contribution < -0.4 is 20.5 Å². The Morgan fingerprint density at radius 2 is 2.14 bits per heavy atom. The molecule has 10 heteroatoms. The molecule has 0 bridgehead atoms. The van der Waals surface area contributed by atoms with Gasteiger partial charge in [-0.2, -0.15) is 4.98 Å². The van der Waals surface area contributed by atoms with Gasteiger partial charge >= 0.3 is 0 Å². The number of hydrogen-bond donors (Lipinski definition) is 1. The molecule has 3 aromatic rings. The number of aromatic nitrogens is 3. The summed E-state index contributed by atoms with van der Waals surface area (Å²) in [7, 11) is 0. The van der Waals surface area contributed by atoms with E-state index >= 15 is 0 Å². The van der Waals surface area contributed by atoms with Gasteiger partial charge in [0, 0.05) is 36.6 Å². The number of carbonyl (C=O) groups is 1. The zero-order valence-corrected chi connectivity index (χ0v) is 21.1. The van der Waals surface area contributed by atoms with Gasteiger partial charge in [0.05, 0.1) is 24.4 Å². The molecule has 1 atom stereocenters. The Hall–Kier alpha value is -3.17. The summed E-state index contributed by atoms with van der Waals surface area (Å²) in [6, 6.07) is 7.23. The highest BCUT2D eigenvalue weighted by Gasteiger charge is 2.20. The second-order valence-corrected chi connectivity index (χ2v) is 9.26. The molecule has 0 saturated carbocycles. The normalized spacial score (nSPS) is 16.1. The molecule has 1 aromatic carbocycles. The van der Waals surface area contributed by atoms with Crippen LogP contribution in [-0.2, 0) is 9.53 Å². The van der Waals surface area contributed by atoms with Crippen LogP contribution in [0, 0.1) is 0 Å². The van der Waals surface area contributed by atoms with Crippen LogP contribution in [0.15, 0.2) is 35.3 Å². The molecule has 1 aliphatic rings. The van der Waals surface area contributed by atoms with Crippen molar-refractivity contribution >= 4 is 45.7 Å². The molecular weight excluding hydrogens is 470 g/mol. The van der Waals surface area contributed by atoms with Crippen molar-refractivity contribution in [3.8, 4) is 5.75 Å². The van der Waals surface area contributed by atoms with Crippen molar-refractivity contribution in [1.29, 1.82) is 0 Å². The molecule has 0 aliphatic carbocycles. The Kier molecular flexibility index (Phi) is 7.57. The fourth-order valence-electron chi connectivity index (χ4n) is 4.01. The van der Waals surface area contributed by atoms with Crippen molar-refractivity contribution in [3.05, 3.63) is 45.8 Å². The summed E-state index contributed by atoms with van der Waals surface area (Å²) in [5.41, 5.74) is 1.24. The smallest absolute Gasteiger partial charge is 0.293 e. The first kappa shape index (κ1) is 24.9. The van der Waals surface area contributed by atoms with Crippen molar-refractivity contribution in [2.24, 2.45) is 0 Å². The Balaban J connectivity index is 1.67. The van der Waals surface area contributed by atoms with E-state index in [1.165, 1.54) is 0 Å². The lowest BCUT2D eigenvalue weighted by Crippen LogP contribution is -2.42. The maximum absolute atomic E-state index is 13.0. The zero-order valence-electron chi connectivity index (χ0n) is 20.4. The summed E-state index contributed by atoms with van der Waals surface area (Å²) in [5, 5.41) is 4.45. The van der Waals surface area contributed by atoms with Crippen LogP contribution in [0.3, 0.4) is 0 Å². The van der Waals surface area contributed by atoms with E-state index in [4.69, 9.17) is 21.1 Å². The van der Waals surface area contributed by atoms with Crippen LogP contribution in [0.4, 0.5) is 17.5 Å². The highest BCUT2D eigenvalue weighted by atomic mass is 35.5. The molecule has 0 unspecified atom stereocenters. The Labute approximate surface area is 209 Å². The number of ether oxygens (including phenoxy) is 2. The molecule has 0 radical (unpaired) electrons. The SMILES string of the molecule is CCC(=O)COc1cc2cc(Nc3nc(N4CCO[C@H](C)C4)ncc3Cl)ccc2n(C(C)C)c1=O. The van der Waals surface area contributed by atoms with Crippen LogP contribution in [0.2, 0.25) is 5.02 Å². The van der Waals surface area contributed by atoms with Crippen molar-refractivity contribution in [2.75, 3.05) is 36.5 Å². The maximum atomic E-state index is 13.0. The van der Waals surface area contributed by atoms with Crippen molar-refractivity contribution in [1.82, 2.24) is 14.5 Å². The van der Waals surface area contributed by atoms with Gasteiger partial charge in [-0.25, -0.2) is 4.98 Å². The Bertz CT molecular complexity index is 1290. The second-order valence-electron chi connectivity index (χ2n) is 8.85. The average Bonchev–Trinajstić information content (AvgIpc) is 2.83. The first-order valence-electron chi connectivity index (χ1n) is 11.8. The molecule has 1 fully saturated rings. The third kappa shape index (κ3) is 5.57. The molecule has 0 spiro atoms. The molecule has 9 nitrogen and oxygen atoms in total. The number of pyridine rings is 1. The number of benzene rings is 1. The van der Waals surface area contributed by atoms with E-state index in [1.54, 1.807) is 23.8 Å². The van der Waals surface area contributed by atoms with Gasteiger partial charge < -0.3 is 24.3 Å². The second kappa shape index (κ2) is 10.6. The van der Waals surface area contributed by atoms with Crippen molar-refractivity contribution in [2.45, 2.75) is 46.3 Å². The number of ketones is 1. The molecule has 1 saturated heterocycles. The highest BCUT2D eigenvalue weighted by Crippen LogP contribution is 2.29. The molecule has 35 heavy (non-hydrogen) atoms. The van der Waals surface area contributed by atoms with E-state index in [0.717, 1.165) is 16.6 Å². The van der Waals surface area contributed by atoms with Crippen LogP contribution in [0.5, 0.6) is 5.75 Å². The van der Waals surface area contributed by atoms with E-state index in [1.807, 2.05) is 39.0 Å². The number of nitrogens with one attached hydrogen (secondary N) is 1. The van der Waals surface area contributed by atoms with Gasteiger partial charge in [-0.15, -0.1) is 0 Å². The van der Waals surface area contributed by atoms with Gasteiger partial charge in [0.2, 0.25) is 5.95 Å². The summed E-state index contributed by atoms with van der Waals surface area (Å²) in [6.07, 6.45) is 2.04. The summed E-state index contributed by atoms with van der Waals surface area (Å²) in [5.74, 6) is 1.14. The first-order chi connectivity index (χ1) is 16.8. The lowest BCUT2D eigenvalue weighted by Gasteiger charge is -2.31. The fourth-order valence-corrected chi connectivity index (χ4v) is 4.15. The van der Waals surface area contributed by atoms with Gasteiger partial charge in [0.1, 0.15) is 11.6 Å². The minimum Gasteiger partial charge on any atom is -0.480 e. The van der Waals surface area contributed by atoms with E-state index in [2.05, 4.69) is 20.2 Å². The minimum atomic E-state index is -0.264. The van der Waals surface area contributed by atoms with Gasteiger partial charge in [-0.1, -0.05) is 18.5 Å². The highest BCUT2D eigenvalue weighted by molar-refractivity contribution is 6.32. The van der Waals surface area contributed by atoms with Crippen LogP contribution in [0.1, 0.15) is 40.2 Å². The maximum Gasteiger partial charge on any atom is 0.293 e. The predicted octanol–water partition coefficient (Wildman–Crippen LogP) is 4.35. The number of carbonyl (C=O) groups excluding carboxylic acids is 1. The summed E-state index contributed by atoms with van der Waals surface area (Å²) in [6.45, 7) is 9.54. The van der Waals surface area contributed by atoms with E-state index in [9.17, 15) is 9.59 Å². The monoisotopic (exact) mass is 499 g/mol. The summed E-state index contributed by atoms with van der Waals surface area (Å²) >= 11 is 6.40. The zero-order chi connectivity index (χ0) is 25.1. The topological polar surface area (TPSA) is 98.6 Å². The molecule has 3 heterocycles. The molecule has 1 N–H and O–H groups in total. The number of anilines is 3. The lowest BCUT2D eigenvalue weighted by atomic mass is 10.1. The molecule has 4 rings (SSSR count). The van der Waals surface area contributed by atoms with E-state index < -0.39 is 0 Å². The number of hydrogen-bond acceptors (Lipinski definition) is 8. The van der Waals surface area contributed by atoms with Crippen LogP contribution in [0.25, 0.3) is 10.9 Å². The molecule has 1 aliphatic heterocycles. The Morgan fingerprint density at radius 3 is 2.86 bits per heavy atom. The average molecular weight is 500 g/mol. The molecule has 0 amide bonds. The van der Waals surface area contributed by atoms with Gasteiger partial charge in [-0.3, -0.25) is 9.59 Å². The number of rotatable bonds is 8. The molecule has 186 valence electrons. The molecule has 2 aromatic heterocycles. The number of Topliss-reactive ketones (excluding diaryl/α,β-unsaturated/α-hetero) is 1. The third-order valence-electron chi connectivity index (χ3n) is 5.82. The number of halogens is 1. The number of nitrogens with zero attached hydrogens (tertiary/aromatic N) is 4. The minimum absolute atomic E-state index is 0.0696. The van der Waals surface area contributed by atoms with Crippen molar-refractivity contribution < 1.29 is 14.3 Å². The third-order valence-corrected chi connectivity index (χ3v) is 6.10.